The Hall–Kier alpha value is -2.73. The first-order valence-corrected chi connectivity index (χ1v) is 9.09. The summed E-state index contributed by atoms with van der Waals surface area (Å²) in [5.74, 6) is -1.61. The maximum atomic E-state index is 12.8. The Kier molecular flexibility index (Phi) is 5.86. The van der Waals surface area contributed by atoms with Crippen molar-refractivity contribution in [1.29, 1.82) is 0 Å². The van der Waals surface area contributed by atoms with Gasteiger partial charge in [-0.25, -0.2) is 0 Å². The summed E-state index contributed by atoms with van der Waals surface area (Å²) in [6.45, 7) is 3.60. The molecule has 2 atom stereocenters. The summed E-state index contributed by atoms with van der Waals surface area (Å²) in [4.78, 5) is 32.2. The number of carbonyl (C=O) groups is 2. The second kappa shape index (κ2) is 8.31. The van der Waals surface area contributed by atoms with Gasteiger partial charge in [-0.2, -0.15) is 0 Å². The van der Waals surface area contributed by atoms with Gasteiger partial charge in [0, 0.05) is 37.9 Å². The van der Waals surface area contributed by atoms with Crippen LogP contribution in [-0.4, -0.2) is 58.4 Å². The number of hydrogen-bond acceptors (Lipinski definition) is 4. The molecule has 1 aliphatic heterocycles. The molecule has 1 saturated heterocycles. The highest BCUT2D eigenvalue weighted by Crippen LogP contribution is 2.34. The molecule has 27 heavy (non-hydrogen) atoms. The van der Waals surface area contributed by atoms with Crippen molar-refractivity contribution in [3.63, 3.8) is 0 Å². The van der Waals surface area contributed by atoms with E-state index >= 15 is 0 Å². The maximum Gasteiger partial charge on any atom is 0.308 e. The molecule has 1 aromatic heterocycles. The van der Waals surface area contributed by atoms with E-state index in [0.717, 1.165) is 16.7 Å². The van der Waals surface area contributed by atoms with E-state index in [4.69, 9.17) is 0 Å². The lowest BCUT2D eigenvalue weighted by Crippen LogP contribution is -2.38. The number of aromatic nitrogens is 1. The van der Waals surface area contributed by atoms with E-state index in [1.165, 1.54) is 0 Å². The largest absolute Gasteiger partial charge is 0.481 e. The van der Waals surface area contributed by atoms with E-state index < -0.39 is 11.9 Å². The fourth-order valence-electron chi connectivity index (χ4n) is 3.76. The number of aliphatic carboxylic acids is 1. The Bertz CT molecular complexity index is 809. The first-order chi connectivity index (χ1) is 13.0. The van der Waals surface area contributed by atoms with Crippen LogP contribution < -0.4 is 0 Å². The van der Waals surface area contributed by atoms with Crippen molar-refractivity contribution in [2.45, 2.75) is 19.4 Å². The molecule has 0 saturated carbocycles. The molecular weight excluding hydrogens is 342 g/mol. The van der Waals surface area contributed by atoms with E-state index in [1.54, 1.807) is 17.3 Å². The van der Waals surface area contributed by atoms with E-state index in [9.17, 15) is 14.7 Å². The summed E-state index contributed by atoms with van der Waals surface area (Å²) in [5.41, 5.74) is 3.17. The molecule has 6 heteroatoms. The van der Waals surface area contributed by atoms with Gasteiger partial charge in [-0.3, -0.25) is 19.5 Å². The summed E-state index contributed by atoms with van der Waals surface area (Å²) < 4.78 is 0. The number of aryl methyl sites for hydroxylation is 1. The maximum absolute atomic E-state index is 12.8. The molecule has 0 unspecified atom stereocenters. The van der Waals surface area contributed by atoms with Gasteiger partial charge in [0.1, 0.15) is 0 Å². The molecule has 1 fully saturated rings. The van der Waals surface area contributed by atoms with Crippen molar-refractivity contribution in [2.24, 2.45) is 5.92 Å². The number of rotatable bonds is 6. The molecule has 6 nitrogen and oxygen atoms in total. The smallest absolute Gasteiger partial charge is 0.308 e. The molecular formula is C21H25N3O3. The zero-order valence-electron chi connectivity index (χ0n) is 15.7. The van der Waals surface area contributed by atoms with Crippen LogP contribution in [0.3, 0.4) is 0 Å². The fraction of sp³-hybridized carbons (Fsp3) is 0.381. The number of carboxylic acids is 1. The van der Waals surface area contributed by atoms with Gasteiger partial charge in [-0.15, -0.1) is 0 Å². The number of pyridine rings is 1. The van der Waals surface area contributed by atoms with Crippen LogP contribution in [0.5, 0.6) is 0 Å². The van der Waals surface area contributed by atoms with Gasteiger partial charge >= 0.3 is 5.97 Å². The fourth-order valence-corrected chi connectivity index (χ4v) is 3.76. The predicted octanol–water partition coefficient (Wildman–Crippen LogP) is 2.15. The van der Waals surface area contributed by atoms with E-state index in [-0.39, 0.29) is 24.9 Å². The van der Waals surface area contributed by atoms with E-state index in [1.807, 2.05) is 55.3 Å². The van der Waals surface area contributed by atoms with Crippen molar-refractivity contribution in [1.82, 2.24) is 14.8 Å². The second-order valence-corrected chi connectivity index (χ2v) is 7.23. The van der Waals surface area contributed by atoms with Crippen molar-refractivity contribution in [2.75, 3.05) is 26.7 Å². The highest BCUT2D eigenvalue weighted by atomic mass is 16.4. The van der Waals surface area contributed by atoms with Crippen molar-refractivity contribution in [3.8, 4) is 0 Å². The Balaban J connectivity index is 1.67. The SMILES string of the molecule is Cc1ccccc1[C@@H]1CN(C(=O)CN(C)Cc2ccncc2)C[C@H]1C(=O)O. The third-order valence-electron chi connectivity index (χ3n) is 5.18. The van der Waals surface area contributed by atoms with E-state index in [2.05, 4.69) is 4.98 Å². The van der Waals surface area contributed by atoms with Crippen LogP contribution in [0.1, 0.15) is 22.6 Å². The molecule has 3 rings (SSSR count). The third kappa shape index (κ3) is 4.52. The summed E-state index contributed by atoms with van der Waals surface area (Å²) in [6, 6.07) is 11.7. The van der Waals surface area contributed by atoms with Crippen molar-refractivity contribution in [3.05, 3.63) is 65.5 Å². The number of likely N-dealkylation sites (tertiary alicyclic amines) is 1. The van der Waals surface area contributed by atoms with Gasteiger partial charge in [0.2, 0.25) is 5.91 Å². The van der Waals surface area contributed by atoms with Crippen LogP contribution in [0.15, 0.2) is 48.8 Å². The normalized spacial score (nSPS) is 19.4. The predicted molar refractivity (Wildman–Crippen MR) is 102 cm³/mol. The molecule has 2 heterocycles. The molecule has 0 spiro atoms. The number of carbonyl (C=O) groups excluding carboxylic acids is 1. The standard InChI is InChI=1S/C21H25N3O3/c1-15-5-3-4-6-17(15)18-12-24(13-19(18)21(26)27)20(25)14-23(2)11-16-7-9-22-10-8-16/h3-10,18-19H,11-14H2,1-2H3,(H,26,27)/t18-,19+/m0/s1. The third-order valence-corrected chi connectivity index (χ3v) is 5.18. The van der Waals surface area contributed by atoms with Gasteiger partial charge in [-0.05, 0) is 42.8 Å². The van der Waals surface area contributed by atoms with Crippen molar-refractivity contribution >= 4 is 11.9 Å². The quantitative estimate of drug-likeness (QED) is 0.847. The van der Waals surface area contributed by atoms with Crippen LogP contribution in [0, 0.1) is 12.8 Å². The zero-order valence-corrected chi connectivity index (χ0v) is 15.7. The monoisotopic (exact) mass is 367 g/mol. The Morgan fingerprint density at radius 3 is 2.56 bits per heavy atom. The second-order valence-electron chi connectivity index (χ2n) is 7.23. The van der Waals surface area contributed by atoms with Crippen LogP contribution >= 0.6 is 0 Å². The Morgan fingerprint density at radius 2 is 1.89 bits per heavy atom. The Labute approximate surface area is 159 Å². The lowest BCUT2D eigenvalue weighted by atomic mass is 9.86. The van der Waals surface area contributed by atoms with Gasteiger partial charge in [-0.1, -0.05) is 24.3 Å². The molecule has 1 N–H and O–H groups in total. The van der Waals surface area contributed by atoms with Gasteiger partial charge in [0.15, 0.2) is 0 Å². The topological polar surface area (TPSA) is 73.7 Å². The van der Waals surface area contributed by atoms with Gasteiger partial charge in [0.05, 0.1) is 12.5 Å². The number of carboxylic acid groups (broad SMARTS) is 1. The number of benzene rings is 1. The first kappa shape index (κ1) is 19.0. The van der Waals surface area contributed by atoms with Crippen LogP contribution in [0.2, 0.25) is 0 Å². The van der Waals surface area contributed by atoms with Crippen molar-refractivity contribution < 1.29 is 14.7 Å². The Morgan fingerprint density at radius 1 is 1.19 bits per heavy atom. The first-order valence-electron chi connectivity index (χ1n) is 9.09. The number of hydrogen-bond donors (Lipinski definition) is 1. The summed E-state index contributed by atoms with van der Waals surface area (Å²) in [5, 5.41) is 9.66. The van der Waals surface area contributed by atoms with E-state index in [0.29, 0.717) is 13.1 Å². The molecule has 0 radical (unpaired) electrons. The molecule has 2 aromatic rings. The zero-order chi connectivity index (χ0) is 19.4. The lowest BCUT2D eigenvalue weighted by Gasteiger charge is -2.22. The van der Waals surface area contributed by atoms with Gasteiger partial charge < -0.3 is 10.0 Å². The van der Waals surface area contributed by atoms with Gasteiger partial charge in [0.25, 0.3) is 0 Å². The highest BCUT2D eigenvalue weighted by molar-refractivity contribution is 5.81. The molecule has 1 aromatic carbocycles. The average Bonchev–Trinajstić information content (AvgIpc) is 3.08. The number of amides is 1. The minimum atomic E-state index is -0.844. The van der Waals surface area contributed by atoms with Crippen LogP contribution in [0.4, 0.5) is 0 Å². The minimum absolute atomic E-state index is 0.0334. The van der Waals surface area contributed by atoms with Crippen LogP contribution in [-0.2, 0) is 16.1 Å². The molecule has 0 aliphatic carbocycles. The molecule has 0 bridgehead atoms. The molecule has 142 valence electrons. The average molecular weight is 367 g/mol. The number of likely N-dealkylation sites (N-methyl/N-ethyl adjacent to an activating group) is 1. The molecule has 1 aliphatic rings. The van der Waals surface area contributed by atoms with Crippen LogP contribution in [0.25, 0.3) is 0 Å². The number of nitrogens with zero attached hydrogens (tertiary/aromatic N) is 3. The summed E-state index contributed by atoms with van der Waals surface area (Å²) in [6.07, 6.45) is 3.46. The lowest BCUT2D eigenvalue weighted by molar-refractivity contribution is -0.141. The summed E-state index contributed by atoms with van der Waals surface area (Å²) >= 11 is 0. The highest BCUT2D eigenvalue weighted by Gasteiger charge is 2.40. The minimum Gasteiger partial charge on any atom is -0.481 e. The molecule has 1 amide bonds. The summed E-state index contributed by atoms with van der Waals surface area (Å²) in [7, 11) is 1.89.